The Kier molecular flexibility index (Phi) is 7.68. The van der Waals surface area contributed by atoms with E-state index in [1.807, 2.05) is 30.3 Å². The third kappa shape index (κ3) is 6.40. The summed E-state index contributed by atoms with van der Waals surface area (Å²) in [6, 6.07) is 17.8. The second kappa shape index (κ2) is 11.1. The van der Waals surface area contributed by atoms with Crippen LogP contribution in [0.2, 0.25) is 0 Å². The Morgan fingerprint density at radius 2 is 1.57 bits per heavy atom. The van der Waals surface area contributed by atoms with Crippen LogP contribution in [0, 0.1) is 0 Å². The first kappa shape index (κ1) is 24.3. The van der Waals surface area contributed by atoms with Crippen molar-refractivity contribution in [1.29, 1.82) is 0 Å². The molecule has 2 amide bonds. The molecule has 1 aliphatic heterocycles. The summed E-state index contributed by atoms with van der Waals surface area (Å²) in [5.74, 6) is -0.144. The van der Waals surface area contributed by atoms with E-state index in [0.717, 1.165) is 18.4 Å². The van der Waals surface area contributed by atoms with E-state index in [2.05, 4.69) is 15.8 Å². The average molecular weight is 499 g/mol. The Bertz CT molecular complexity index is 1250. The number of nitrogens with one attached hydrogen (secondary N) is 3. The van der Waals surface area contributed by atoms with E-state index in [1.54, 1.807) is 24.3 Å². The van der Waals surface area contributed by atoms with Gasteiger partial charge in [0.2, 0.25) is 10.0 Å². The minimum absolute atomic E-state index is 0.00934. The van der Waals surface area contributed by atoms with E-state index in [-0.39, 0.29) is 17.2 Å². The maximum atomic E-state index is 12.6. The summed E-state index contributed by atoms with van der Waals surface area (Å²) in [6.45, 7) is 1.04. The molecule has 0 atom stereocenters. The van der Waals surface area contributed by atoms with Gasteiger partial charge in [0.1, 0.15) is 28.7 Å². The molecule has 2 aromatic carbocycles. The molecule has 0 spiro atoms. The first-order valence-electron chi connectivity index (χ1n) is 11.1. The molecule has 1 aromatic heterocycles. The summed E-state index contributed by atoms with van der Waals surface area (Å²) < 4.78 is 37.6. The van der Waals surface area contributed by atoms with Crippen molar-refractivity contribution in [3.63, 3.8) is 0 Å². The number of aromatic nitrogens is 1. The minimum atomic E-state index is -3.64. The van der Waals surface area contributed by atoms with E-state index in [9.17, 15) is 18.0 Å². The van der Waals surface area contributed by atoms with Gasteiger partial charge in [-0.05, 0) is 48.7 Å². The van der Waals surface area contributed by atoms with Gasteiger partial charge in [-0.1, -0.05) is 30.3 Å². The van der Waals surface area contributed by atoms with Gasteiger partial charge in [-0.3, -0.25) is 20.4 Å². The second-order valence-electron chi connectivity index (χ2n) is 7.90. The zero-order valence-corrected chi connectivity index (χ0v) is 19.7. The number of carbonyl (C=O) groups excluding carboxylic acids is 2. The predicted molar refractivity (Wildman–Crippen MR) is 127 cm³/mol. The standard InChI is InChI=1S/C24H26N4O6S/c29-23(17-34-20-10-8-19(9-11-20)33-16-18-6-2-1-3-7-18)26-27-24(30)22-14-21(15-25-22)35(31,32)28-12-4-5-13-28/h1-3,6-11,14-15,25H,4-5,12-13,16-17H2,(H,26,29)(H,27,30). The van der Waals surface area contributed by atoms with Crippen LogP contribution in [0.1, 0.15) is 28.9 Å². The van der Waals surface area contributed by atoms with Crippen molar-refractivity contribution >= 4 is 21.8 Å². The van der Waals surface area contributed by atoms with Gasteiger partial charge in [0.15, 0.2) is 6.61 Å². The lowest BCUT2D eigenvalue weighted by Crippen LogP contribution is -2.43. The van der Waals surface area contributed by atoms with E-state index in [4.69, 9.17) is 9.47 Å². The lowest BCUT2D eigenvalue weighted by molar-refractivity contribution is -0.123. The summed E-state index contributed by atoms with van der Waals surface area (Å²) >= 11 is 0. The molecule has 184 valence electrons. The topological polar surface area (TPSA) is 130 Å². The Morgan fingerprint density at radius 1 is 0.914 bits per heavy atom. The highest BCUT2D eigenvalue weighted by Gasteiger charge is 2.28. The molecule has 0 radical (unpaired) electrons. The van der Waals surface area contributed by atoms with Crippen molar-refractivity contribution in [2.24, 2.45) is 0 Å². The molecule has 0 aliphatic carbocycles. The molecule has 3 aromatic rings. The number of hydrazine groups is 1. The van der Waals surface area contributed by atoms with Gasteiger partial charge in [0.25, 0.3) is 11.8 Å². The molecule has 11 heteroatoms. The molecule has 10 nitrogen and oxygen atoms in total. The van der Waals surface area contributed by atoms with Gasteiger partial charge in [-0.15, -0.1) is 0 Å². The summed E-state index contributed by atoms with van der Waals surface area (Å²) in [7, 11) is -3.64. The number of sulfonamides is 1. The highest BCUT2D eigenvalue weighted by Crippen LogP contribution is 2.21. The van der Waals surface area contributed by atoms with Crippen LogP contribution in [0.5, 0.6) is 11.5 Å². The van der Waals surface area contributed by atoms with Crippen molar-refractivity contribution in [3.05, 3.63) is 78.1 Å². The Hall–Kier alpha value is -3.83. The van der Waals surface area contributed by atoms with Gasteiger partial charge in [-0.25, -0.2) is 8.42 Å². The van der Waals surface area contributed by atoms with Crippen LogP contribution in [0.25, 0.3) is 0 Å². The SMILES string of the molecule is O=C(COc1ccc(OCc2ccccc2)cc1)NNC(=O)c1cc(S(=O)(=O)N2CCCC2)c[nH]1. The Labute approximate surface area is 203 Å². The Balaban J connectivity index is 1.20. The number of nitrogens with zero attached hydrogens (tertiary/aromatic N) is 1. The maximum absolute atomic E-state index is 12.6. The number of amides is 2. The molecule has 1 aliphatic rings. The van der Waals surface area contributed by atoms with E-state index < -0.39 is 21.8 Å². The van der Waals surface area contributed by atoms with Crippen molar-refractivity contribution in [3.8, 4) is 11.5 Å². The van der Waals surface area contributed by atoms with Crippen molar-refractivity contribution in [1.82, 2.24) is 20.1 Å². The fourth-order valence-electron chi connectivity index (χ4n) is 3.48. The number of aromatic amines is 1. The fourth-order valence-corrected chi connectivity index (χ4v) is 5.00. The lowest BCUT2D eigenvalue weighted by Gasteiger charge is -2.13. The van der Waals surface area contributed by atoms with E-state index in [1.165, 1.54) is 16.6 Å². The van der Waals surface area contributed by atoms with Crippen molar-refractivity contribution < 1.29 is 27.5 Å². The summed E-state index contributed by atoms with van der Waals surface area (Å²) in [4.78, 5) is 26.9. The van der Waals surface area contributed by atoms with E-state index >= 15 is 0 Å². The maximum Gasteiger partial charge on any atom is 0.286 e. The molecular formula is C24H26N4O6S. The molecule has 3 N–H and O–H groups in total. The number of benzene rings is 2. The van der Waals surface area contributed by atoms with Crippen molar-refractivity contribution in [2.45, 2.75) is 24.3 Å². The van der Waals surface area contributed by atoms with Crippen LogP contribution in [-0.4, -0.2) is 49.2 Å². The number of hydrogen-bond acceptors (Lipinski definition) is 6. The number of H-pyrrole nitrogens is 1. The first-order chi connectivity index (χ1) is 16.9. The normalized spacial score (nSPS) is 13.8. The number of ether oxygens (including phenoxy) is 2. The van der Waals surface area contributed by atoms with Crippen LogP contribution < -0.4 is 20.3 Å². The number of hydrogen-bond donors (Lipinski definition) is 3. The monoisotopic (exact) mass is 498 g/mol. The summed E-state index contributed by atoms with van der Waals surface area (Å²) in [5.41, 5.74) is 5.53. The number of rotatable bonds is 9. The molecule has 0 bridgehead atoms. The summed E-state index contributed by atoms with van der Waals surface area (Å²) in [6.07, 6.45) is 2.90. The van der Waals surface area contributed by atoms with Crippen molar-refractivity contribution in [2.75, 3.05) is 19.7 Å². The molecular weight excluding hydrogens is 472 g/mol. The molecule has 0 saturated carbocycles. The smallest absolute Gasteiger partial charge is 0.286 e. The number of carbonyl (C=O) groups is 2. The van der Waals surface area contributed by atoms with Crippen LogP contribution >= 0.6 is 0 Å². The zero-order valence-electron chi connectivity index (χ0n) is 18.9. The summed E-state index contributed by atoms with van der Waals surface area (Å²) in [5, 5.41) is 0. The molecule has 1 fully saturated rings. The predicted octanol–water partition coefficient (Wildman–Crippen LogP) is 2.22. The van der Waals surface area contributed by atoms with Gasteiger partial charge in [0, 0.05) is 19.3 Å². The molecule has 2 heterocycles. The molecule has 0 unspecified atom stereocenters. The van der Waals surface area contributed by atoms with Crippen LogP contribution in [0.4, 0.5) is 0 Å². The van der Waals surface area contributed by atoms with Gasteiger partial charge < -0.3 is 14.5 Å². The molecule has 1 saturated heterocycles. The minimum Gasteiger partial charge on any atom is -0.489 e. The molecule has 4 rings (SSSR count). The quantitative estimate of drug-likeness (QED) is 0.388. The van der Waals surface area contributed by atoms with Gasteiger partial charge in [-0.2, -0.15) is 4.31 Å². The zero-order chi connectivity index (χ0) is 24.7. The van der Waals surface area contributed by atoms with Crippen LogP contribution in [0.3, 0.4) is 0 Å². The first-order valence-corrected chi connectivity index (χ1v) is 12.5. The third-order valence-electron chi connectivity index (χ3n) is 5.36. The highest BCUT2D eigenvalue weighted by atomic mass is 32.2. The average Bonchev–Trinajstić information content (AvgIpc) is 3.60. The van der Waals surface area contributed by atoms with Gasteiger partial charge >= 0.3 is 0 Å². The second-order valence-corrected chi connectivity index (χ2v) is 9.83. The highest BCUT2D eigenvalue weighted by molar-refractivity contribution is 7.89. The largest absolute Gasteiger partial charge is 0.489 e. The van der Waals surface area contributed by atoms with Gasteiger partial charge in [0.05, 0.1) is 0 Å². The third-order valence-corrected chi connectivity index (χ3v) is 7.24. The Morgan fingerprint density at radius 3 is 2.26 bits per heavy atom. The van der Waals surface area contributed by atoms with Crippen LogP contribution in [0.15, 0.2) is 71.8 Å². The van der Waals surface area contributed by atoms with Crippen LogP contribution in [-0.2, 0) is 21.4 Å². The molecule has 35 heavy (non-hydrogen) atoms. The van der Waals surface area contributed by atoms with E-state index in [0.29, 0.717) is 31.2 Å². The fraction of sp³-hybridized carbons (Fsp3) is 0.250. The lowest BCUT2D eigenvalue weighted by atomic mass is 10.2.